The summed E-state index contributed by atoms with van der Waals surface area (Å²) in [6.07, 6.45) is -0.291. The molecule has 0 aromatic heterocycles. The first-order valence-corrected chi connectivity index (χ1v) is 11.1. The molecule has 1 saturated heterocycles. The molecule has 5 heteroatoms. The van der Waals surface area contributed by atoms with Crippen molar-refractivity contribution in [3.8, 4) is 0 Å². The van der Waals surface area contributed by atoms with Gasteiger partial charge in [0.25, 0.3) is 5.91 Å². The van der Waals surface area contributed by atoms with Crippen LogP contribution in [-0.4, -0.2) is 54.0 Å². The van der Waals surface area contributed by atoms with Crippen LogP contribution in [0.3, 0.4) is 0 Å². The Morgan fingerprint density at radius 1 is 0.781 bits per heavy atom. The number of benzene rings is 3. The fourth-order valence-electron chi connectivity index (χ4n) is 4.76. The van der Waals surface area contributed by atoms with Crippen LogP contribution in [0.2, 0.25) is 0 Å². The minimum atomic E-state index is -0.733. The lowest BCUT2D eigenvalue weighted by atomic mass is 9.96. The number of esters is 1. The van der Waals surface area contributed by atoms with E-state index in [-0.39, 0.29) is 11.9 Å². The van der Waals surface area contributed by atoms with Crippen LogP contribution in [-0.2, 0) is 16.0 Å². The second kappa shape index (κ2) is 8.97. The molecule has 0 spiro atoms. The minimum Gasteiger partial charge on any atom is -0.448 e. The largest absolute Gasteiger partial charge is 0.448 e. The number of rotatable bonds is 4. The molecule has 0 saturated carbocycles. The van der Waals surface area contributed by atoms with Gasteiger partial charge in [0, 0.05) is 32.6 Å². The Bertz CT molecular complexity index is 1050. The third kappa shape index (κ3) is 4.04. The summed E-state index contributed by atoms with van der Waals surface area (Å²) in [5, 5.41) is 0. The van der Waals surface area contributed by atoms with Crippen LogP contribution in [0.15, 0.2) is 84.9 Å². The van der Waals surface area contributed by atoms with Crippen LogP contribution >= 0.6 is 0 Å². The smallest absolute Gasteiger partial charge is 0.339 e. The molecule has 3 aromatic rings. The molecule has 1 amide bonds. The lowest BCUT2D eigenvalue weighted by Crippen LogP contribution is -2.53. The van der Waals surface area contributed by atoms with E-state index < -0.39 is 12.1 Å². The van der Waals surface area contributed by atoms with Gasteiger partial charge in [-0.05, 0) is 22.8 Å². The Labute approximate surface area is 188 Å². The zero-order valence-corrected chi connectivity index (χ0v) is 17.9. The number of carbonyl (C=O) groups is 2. The predicted octanol–water partition coefficient (Wildman–Crippen LogP) is 3.70. The van der Waals surface area contributed by atoms with Gasteiger partial charge in [-0.3, -0.25) is 9.69 Å². The number of piperazine rings is 1. The predicted molar refractivity (Wildman–Crippen MR) is 122 cm³/mol. The van der Waals surface area contributed by atoms with Gasteiger partial charge in [0.15, 0.2) is 6.10 Å². The molecule has 2 aliphatic heterocycles. The summed E-state index contributed by atoms with van der Waals surface area (Å²) in [5.41, 5.74) is 3.94. The van der Waals surface area contributed by atoms with Gasteiger partial charge in [-0.2, -0.15) is 0 Å². The summed E-state index contributed by atoms with van der Waals surface area (Å²) < 4.78 is 5.50. The lowest BCUT2D eigenvalue weighted by Gasteiger charge is -2.40. The number of carbonyl (C=O) groups excluding carboxylic acids is 2. The van der Waals surface area contributed by atoms with E-state index in [0.29, 0.717) is 25.1 Å². The van der Waals surface area contributed by atoms with E-state index >= 15 is 0 Å². The van der Waals surface area contributed by atoms with E-state index in [2.05, 4.69) is 53.4 Å². The summed E-state index contributed by atoms with van der Waals surface area (Å²) in [6, 6.07) is 28.5. The fraction of sp³-hybridized carbons (Fsp3) is 0.259. The van der Waals surface area contributed by atoms with Gasteiger partial charge in [0.1, 0.15) is 0 Å². The van der Waals surface area contributed by atoms with Gasteiger partial charge in [-0.25, -0.2) is 4.79 Å². The molecule has 0 radical (unpaired) electrons. The summed E-state index contributed by atoms with van der Waals surface area (Å²) in [5.74, 6) is -0.500. The van der Waals surface area contributed by atoms with Crippen molar-refractivity contribution < 1.29 is 14.3 Å². The van der Waals surface area contributed by atoms with Crippen molar-refractivity contribution in [1.29, 1.82) is 0 Å². The highest BCUT2D eigenvalue weighted by Gasteiger charge is 2.36. The second-order valence-electron chi connectivity index (χ2n) is 8.34. The first kappa shape index (κ1) is 20.5. The number of fused-ring (bicyclic) bond motifs is 1. The molecule has 2 heterocycles. The van der Waals surface area contributed by atoms with E-state index in [4.69, 9.17) is 4.74 Å². The summed E-state index contributed by atoms with van der Waals surface area (Å²) >= 11 is 0. The van der Waals surface area contributed by atoms with E-state index in [0.717, 1.165) is 18.7 Å². The van der Waals surface area contributed by atoms with Crippen LogP contribution in [0, 0.1) is 0 Å². The third-order valence-electron chi connectivity index (χ3n) is 6.39. The van der Waals surface area contributed by atoms with Crippen molar-refractivity contribution in [3.63, 3.8) is 0 Å². The maximum absolute atomic E-state index is 13.2. The molecule has 5 nitrogen and oxygen atoms in total. The van der Waals surface area contributed by atoms with E-state index in [9.17, 15) is 9.59 Å². The standard InChI is InChI=1S/C27H26N2O3/c30-26(24-19-22-13-7-8-14-23(22)27(31)32-24)29-17-15-28(16-18-29)25(20-9-3-1-4-10-20)21-11-5-2-6-12-21/h1-14,24-25H,15-19H2. The van der Waals surface area contributed by atoms with Gasteiger partial charge in [-0.15, -0.1) is 0 Å². The number of cyclic esters (lactones) is 1. The Balaban J connectivity index is 1.29. The highest BCUT2D eigenvalue weighted by Crippen LogP contribution is 2.30. The molecular formula is C27H26N2O3. The Morgan fingerprint density at radius 2 is 1.34 bits per heavy atom. The Morgan fingerprint density at radius 3 is 1.97 bits per heavy atom. The first-order valence-electron chi connectivity index (χ1n) is 11.1. The maximum Gasteiger partial charge on any atom is 0.339 e. The number of amides is 1. The molecule has 1 fully saturated rings. The molecular weight excluding hydrogens is 400 g/mol. The van der Waals surface area contributed by atoms with Gasteiger partial charge in [0.2, 0.25) is 0 Å². The van der Waals surface area contributed by atoms with Crippen LogP contribution < -0.4 is 0 Å². The zero-order valence-electron chi connectivity index (χ0n) is 17.9. The molecule has 0 N–H and O–H groups in total. The molecule has 2 aliphatic rings. The number of ether oxygens (including phenoxy) is 1. The van der Waals surface area contributed by atoms with Gasteiger partial charge in [-0.1, -0.05) is 78.9 Å². The van der Waals surface area contributed by atoms with E-state index in [1.54, 1.807) is 6.07 Å². The average molecular weight is 427 g/mol. The Kier molecular flexibility index (Phi) is 5.73. The molecule has 0 aliphatic carbocycles. The van der Waals surface area contributed by atoms with Crippen molar-refractivity contribution in [1.82, 2.24) is 9.80 Å². The highest BCUT2D eigenvalue weighted by atomic mass is 16.5. The molecule has 0 bridgehead atoms. The molecule has 3 aromatic carbocycles. The molecule has 5 rings (SSSR count). The van der Waals surface area contributed by atoms with E-state index in [1.165, 1.54) is 11.1 Å². The van der Waals surface area contributed by atoms with Crippen molar-refractivity contribution >= 4 is 11.9 Å². The third-order valence-corrected chi connectivity index (χ3v) is 6.39. The van der Waals surface area contributed by atoms with Gasteiger partial charge >= 0.3 is 5.97 Å². The molecule has 162 valence electrons. The maximum atomic E-state index is 13.2. The van der Waals surface area contributed by atoms with Gasteiger partial charge < -0.3 is 9.64 Å². The molecule has 32 heavy (non-hydrogen) atoms. The number of nitrogens with zero attached hydrogens (tertiary/aromatic N) is 2. The van der Waals surface area contributed by atoms with E-state index in [1.807, 2.05) is 35.2 Å². The van der Waals surface area contributed by atoms with Gasteiger partial charge in [0.05, 0.1) is 11.6 Å². The highest BCUT2D eigenvalue weighted by molar-refractivity contribution is 5.95. The van der Waals surface area contributed by atoms with Crippen molar-refractivity contribution in [2.24, 2.45) is 0 Å². The summed E-state index contributed by atoms with van der Waals surface area (Å²) in [7, 11) is 0. The van der Waals surface area contributed by atoms with Crippen LogP contribution in [0.25, 0.3) is 0 Å². The quantitative estimate of drug-likeness (QED) is 0.597. The second-order valence-corrected chi connectivity index (χ2v) is 8.34. The van der Waals surface area contributed by atoms with Crippen LogP contribution in [0.1, 0.15) is 33.1 Å². The van der Waals surface area contributed by atoms with Crippen molar-refractivity contribution in [2.75, 3.05) is 26.2 Å². The van der Waals surface area contributed by atoms with Crippen LogP contribution in [0.4, 0.5) is 0 Å². The summed E-state index contributed by atoms with van der Waals surface area (Å²) in [4.78, 5) is 29.8. The Hall–Kier alpha value is -3.44. The summed E-state index contributed by atoms with van der Waals surface area (Å²) in [6.45, 7) is 2.75. The molecule has 1 unspecified atom stereocenters. The van der Waals surface area contributed by atoms with Crippen molar-refractivity contribution in [3.05, 3.63) is 107 Å². The topological polar surface area (TPSA) is 49.9 Å². The normalized spacial score (nSPS) is 18.8. The average Bonchev–Trinajstić information content (AvgIpc) is 2.85. The lowest BCUT2D eigenvalue weighted by molar-refractivity contribution is -0.143. The monoisotopic (exact) mass is 426 g/mol. The zero-order chi connectivity index (χ0) is 21.9. The first-order chi connectivity index (χ1) is 15.7. The SMILES string of the molecule is O=C1OC(C(=O)N2CCN(C(c3ccccc3)c3ccccc3)CC2)Cc2ccccc21. The number of hydrogen-bond acceptors (Lipinski definition) is 4. The van der Waals surface area contributed by atoms with Crippen molar-refractivity contribution in [2.45, 2.75) is 18.6 Å². The molecule has 1 atom stereocenters. The minimum absolute atomic E-state index is 0.0940. The fourth-order valence-corrected chi connectivity index (χ4v) is 4.76. The number of hydrogen-bond donors (Lipinski definition) is 0. The van der Waals surface area contributed by atoms with Crippen LogP contribution in [0.5, 0.6) is 0 Å².